The first kappa shape index (κ1) is 24.9. The number of aliphatic imine (C=N–C) groups is 1. The minimum absolute atomic E-state index is 0. The Labute approximate surface area is 198 Å². The first-order valence-corrected chi connectivity index (χ1v) is 9.90. The van der Waals surface area contributed by atoms with Crippen molar-refractivity contribution in [3.63, 3.8) is 0 Å². The van der Waals surface area contributed by atoms with Crippen molar-refractivity contribution in [3.8, 4) is 5.69 Å². The molecular formula is C22H29FIN5O2. The molecule has 0 aliphatic rings. The number of aliphatic hydroxyl groups is 1. The molecule has 0 aliphatic carbocycles. The SMILES string of the molecule is CCNC(=NCc1ccc(-n2ccnc2C)c(F)c1)NCC(C)(O)c1ccc(C)o1.I. The Morgan fingerprint density at radius 2 is 2.03 bits per heavy atom. The summed E-state index contributed by atoms with van der Waals surface area (Å²) in [5.74, 6) is 2.13. The molecule has 1 unspecified atom stereocenters. The molecule has 0 spiro atoms. The number of hydrogen-bond acceptors (Lipinski definition) is 4. The van der Waals surface area contributed by atoms with Crippen molar-refractivity contribution >= 4 is 29.9 Å². The second-order valence-corrected chi connectivity index (χ2v) is 7.36. The highest BCUT2D eigenvalue weighted by atomic mass is 127. The average Bonchev–Trinajstić information content (AvgIpc) is 3.33. The molecule has 1 aromatic carbocycles. The van der Waals surface area contributed by atoms with Crippen LogP contribution in [0.2, 0.25) is 0 Å². The van der Waals surface area contributed by atoms with Gasteiger partial charge in [0.2, 0.25) is 0 Å². The molecule has 2 heterocycles. The second kappa shape index (κ2) is 10.8. The summed E-state index contributed by atoms with van der Waals surface area (Å²) >= 11 is 0. The molecule has 0 saturated carbocycles. The summed E-state index contributed by atoms with van der Waals surface area (Å²) in [6, 6.07) is 8.61. The summed E-state index contributed by atoms with van der Waals surface area (Å²) in [4.78, 5) is 8.63. The Morgan fingerprint density at radius 1 is 1.26 bits per heavy atom. The van der Waals surface area contributed by atoms with Crippen LogP contribution in [-0.2, 0) is 12.1 Å². The fourth-order valence-corrected chi connectivity index (χ4v) is 3.06. The number of guanidine groups is 1. The van der Waals surface area contributed by atoms with Crippen molar-refractivity contribution in [2.24, 2.45) is 4.99 Å². The summed E-state index contributed by atoms with van der Waals surface area (Å²) in [5.41, 5.74) is -0.00637. The van der Waals surface area contributed by atoms with Crippen LogP contribution in [0, 0.1) is 19.7 Å². The first-order chi connectivity index (χ1) is 14.3. The van der Waals surface area contributed by atoms with Gasteiger partial charge in [0.1, 0.15) is 28.8 Å². The number of benzene rings is 1. The summed E-state index contributed by atoms with van der Waals surface area (Å²) in [5, 5.41) is 16.9. The van der Waals surface area contributed by atoms with Crippen molar-refractivity contribution in [2.45, 2.75) is 39.8 Å². The van der Waals surface area contributed by atoms with Gasteiger partial charge in [-0.2, -0.15) is 0 Å². The molecule has 0 fully saturated rings. The van der Waals surface area contributed by atoms with Crippen molar-refractivity contribution in [3.05, 3.63) is 71.5 Å². The lowest BCUT2D eigenvalue weighted by atomic mass is 10.0. The predicted octanol–water partition coefficient (Wildman–Crippen LogP) is 3.80. The zero-order chi connectivity index (χ0) is 21.7. The number of halogens is 2. The molecule has 1 atom stereocenters. The lowest BCUT2D eigenvalue weighted by molar-refractivity contribution is 0.0378. The average molecular weight is 541 g/mol. The Bertz CT molecular complexity index is 1030. The third-order valence-corrected chi connectivity index (χ3v) is 4.73. The highest BCUT2D eigenvalue weighted by molar-refractivity contribution is 14.0. The molecule has 9 heteroatoms. The number of nitrogens with one attached hydrogen (secondary N) is 2. The van der Waals surface area contributed by atoms with E-state index in [4.69, 9.17) is 4.42 Å². The zero-order valence-corrected chi connectivity index (χ0v) is 20.5. The van der Waals surface area contributed by atoms with Crippen LogP contribution in [0.5, 0.6) is 0 Å². The summed E-state index contributed by atoms with van der Waals surface area (Å²) in [6.45, 7) is 8.43. The Morgan fingerprint density at radius 3 is 2.61 bits per heavy atom. The van der Waals surface area contributed by atoms with E-state index in [2.05, 4.69) is 20.6 Å². The molecule has 0 aliphatic heterocycles. The van der Waals surface area contributed by atoms with E-state index in [-0.39, 0.29) is 42.9 Å². The standard InChI is InChI=1S/C22H28FN5O2.HI/c1-5-24-21(27-14-22(4,29)20-9-6-15(2)30-20)26-13-17-7-8-19(18(23)12-17)28-11-10-25-16(28)3;/h6-12,29H,5,13-14H2,1-4H3,(H2,24,26,27);1H. The maximum atomic E-state index is 14.6. The molecule has 7 nitrogen and oxygen atoms in total. The number of furan rings is 1. The predicted molar refractivity (Wildman–Crippen MR) is 130 cm³/mol. The highest BCUT2D eigenvalue weighted by Gasteiger charge is 2.27. The first-order valence-electron chi connectivity index (χ1n) is 9.90. The van der Waals surface area contributed by atoms with E-state index in [1.807, 2.05) is 32.9 Å². The number of aromatic nitrogens is 2. The summed E-state index contributed by atoms with van der Waals surface area (Å²) < 4.78 is 21.8. The van der Waals surface area contributed by atoms with Crippen molar-refractivity contribution < 1.29 is 13.9 Å². The van der Waals surface area contributed by atoms with Crippen LogP contribution in [0.3, 0.4) is 0 Å². The van der Waals surface area contributed by atoms with Gasteiger partial charge in [0.25, 0.3) is 0 Å². The minimum Gasteiger partial charge on any atom is -0.463 e. The quantitative estimate of drug-likeness (QED) is 0.241. The lowest BCUT2D eigenvalue weighted by Crippen LogP contribution is -2.44. The molecule has 0 radical (unpaired) electrons. The molecule has 3 rings (SSSR count). The number of imidazole rings is 1. The van der Waals surface area contributed by atoms with E-state index in [9.17, 15) is 9.50 Å². The zero-order valence-electron chi connectivity index (χ0n) is 18.1. The van der Waals surface area contributed by atoms with Gasteiger partial charge in [0.05, 0.1) is 18.8 Å². The van der Waals surface area contributed by atoms with Gasteiger partial charge in [0.15, 0.2) is 5.96 Å². The molecule has 31 heavy (non-hydrogen) atoms. The fraction of sp³-hybridized carbons (Fsp3) is 0.364. The Hall–Kier alpha value is -2.40. The number of hydrogen-bond donors (Lipinski definition) is 3. The fourth-order valence-electron chi connectivity index (χ4n) is 3.06. The van der Waals surface area contributed by atoms with E-state index in [1.165, 1.54) is 6.07 Å². The topological polar surface area (TPSA) is 87.6 Å². The van der Waals surface area contributed by atoms with Gasteiger partial charge in [-0.15, -0.1) is 24.0 Å². The van der Waals surface area contributed by atoms with Crippen LogP contribution < -0.4 is 10.6 Å². The van der Waals surface area contributed by atoms with Crippen molar-refractivity contribution in [2.75, 3.05) is 13.1 Å². The smallest absolute Gasteiger partial charge is 0.191 e. The summed E-state index contributed by atoms with van der Waals surface area (Å²) in [7, 11) is 0. The molecule has 0 saturated heterocycles. The normalized spacial score (nSPS) is 13.4. The number of aryl methyl sites for hydroxylation is 2. The number of rotatable bonds is 7. The lowest BCUT2D eigenvalue weighted by Gasteiger charge is -2.22. The van der Waals surface area contributed by atoms with Crippen LogP contribution in [0.4, 0.5) is 4.39 Å². The minimum atomic E-state index is -1.19. The maximum Gasteiger partial charge on any atom is 0.191 e. The third kappa shape index (κ3) is 6.30. The van der Waals surface area contributed by atoms with Gasteiger partial charge >= 0.3 is 0 Å². The van der Waals surface area contributed by atoms with E-state index in [1.54, 1.807) is 36.0 Å². The largest absolute Gasteiger partial charge is 0.463 e. The van der Waals surface area contributed by atoms with E-state index < -0.39 is 5.60 Å². The molecule has 0 amide bonds. The highest BCUT2D eigenvalue weighted by Crippen LogP contribution is 2.22. The Kier molecular flexibility index (Phi) is 8.63. The molecule has 2 aromatic heterocycles. The van der Waals surface area contributed by atoms with Gasteiger partial charge in [-0.05, 0) is 57.5 Å². The van der Waals surface area contributed by atoms with Crippen LogP contribution in [0.25, 0.3) is 5.69 Å². The van der Waals surface area contributed by atoms with Crippen LogP contribution in [0.1, 0.15) is 36.8 Å². The van der Waals surface area contributed by atoms with Gasteiger partial charge in [-0.1, -0.05) is 6.07 Å². The second-order valence-electron chi connectivity index (χ2n) is 7.36. The van der Waals surface area contributed by atoms with Gasteiger partial charge in [-0.3, -0.25) is 0 Å². The van der Waals surface area contributed by atoms with Crippen molar-refractivity contribution in [1.29, 1.82) is 0 Å². The maximum absolute atomic E-state index is 14.6. The van der Waals surface area contributed by atoms with E-state index in [0.29, 0.717) is 24.0 Å². The van der Waals surface area contributed by atoms with Crippen LogP contribution >= 0.6 is 24.0 Å². The molecule has 3 N–H and O–H groups in total. The van der Waals surface area contributed by atoms with Crippen LogP contribution in [-0.4, -0.2) is 33.7 Å². The van der Waals surface area contributed by atoms with Crippen LogP contribution in [0.15, 0.2) is 52.1 Å². The number of nitrogens with zero attached hydrogens (tertiary/aromatic N) is 3. The Balaban J connectivity index is 0.00000341. The molecular weight excluding hydrogens is 512 g/mol. The van der Waals surface area contributed by atoms with E-state index >= 15 is 0 Å². The van der Waals surface area contributed by atoms with Gasteiger partial charge in [-0.25, -0.2) is 14.4 Å². The molecule has 0 bridgehead atoms. The van der Waals surface area contributed by atoms with Gasteiger partial charge in [0, 0.05) is 18.9 Å². The monoisotopic (exact) mass is 541 g/mol. The van der Waals surface area contributed by atoms with Crippen molar-refractivity contribution in [1.82, 2.24) is 20.2 Å². The molecule has 3 aromatic rings. The van der Waals surface area contributed by atoms with Gasteiger partial charge < -0.3 is 24.7 Å². The summed E-state index contributed by atoms with van der Waals surface area (Å²) in [6.07, 6.45) is 3.37. The third-order valence-electron chi connectivity index (χ3n) is 4.73. The van der Waals surface area contributed by atoms with E-state index in [0.717, 1.165) is 17.1 Å². The molecule has 168 valence electrons.